The fourth-order valence-electron chi connectivity index (χ4n) is 4.06. The normalized spacial score (nSPS) is 15.4. The van der Waals surface area contributed by atoms with E-state index in [4.69, 9.17) is 4.74 Å². The van der Waals surface area contributed by atoms with Gasteiger partial charge in [-0.05, 0) is 23.6 Å². The molecule has 33 heavy (non-hydrogen) atoms. The topological polar surface area (TPSA) is 113 Å². The van der Waals surface area contributed by atoms with E-state index in [1.54, 1.807) is 19.4 Å². The highest BCUT2D eigenvalue weighted by Crippen LogP contribution is 2.36. The number of ketones is 1. The third-order valence-electron chi connectivity index (χ3n) is 5.63. The molecule has 5 rings (SSSR count). The maximum absolute atomic E-state index is 12.9. The van der Waals surface area contributed by atoms with E-state index >= 15 is 0 Å². The van der Waals surface area contributed by atoms with Gasteiger partial charge < -0.3 is 4.74 Å². The van der Waals surface area contributed by atoms with Gasteiger partial charge in [-0.3, -0.25) is 14.9 Å². The first-order valence-electron chi connectivity index (χ1n) is 10.3. The molecule has 0 aliphatic heterocycles. The average Bonchev–Trinajstić information content (AvgIpc) is 3.23. The first-order valence-corrected chi connectivity index (χ1v) is 11.3. The van der Waals surface area contributed by atoms with Gasteiger partial charge in [-0.1, -0.05) is 42.1 Å². The number of aromatic nitrogens is 4. The van der Waals surface area contributed by atoms with E-state index in [1.807, 2.05) is 30.3 Å². The lowest BCUT2D eigenvalue weighted by molar-refractivity contribution is -0.384. The van der Waals surface area contributed by atoms with Crippen molar-refractivity contribution in [1.29, 1.82) is 0 Å². The molecular weight excluding hydrogens is 442 g/mol. The molecule has 0 bridgehead atoms. The van der Waals surface area contributed by atoms with Gasteiger partial charge in [0.05, 0.1) is 23.3 Å². The fourth-order valence-corrected chi connectivity index (χ4v) is 4.82. The van der Waals surface area contributed by atoms with Crippen LogP contribution in [0.5, 0.6) is 5.75 Å². The molecule has 0 saturated heterocycles. The Labute approximate surface area is 193 Å². The lowest BCUT2D eigenvalue weighted by atomic mass is 9.82. The Kier molecular flexibility index (Phi) is 5.51. The van der Waals surface area contributed by atoms with E-state index in [1.165, 1.54) is 28.4 Å². The van der Waals surface area contributed by atoms with E-state index in [-0.39, 0.29) is 17.4 Å². The molecule has 2 aromatic carbocycles. The van der Waals surface area contributed by atoms with Crippen molar-refractivity contribution in [3.8, 4) is 5.75 Å². The van der Waals surface area contributed by atoms with Crippen LogP contribution in [-0.4, -0.2) is 37.4 Å². The molecule has 0 fully saturated rings. The lowest BCUT2D eigenvalue weighted by Gasteiger charge is -2.24. The highest BCUT2D eigenvalue weighted by Gasteiger charge is 2.30. The van der Waals surface area contributed by atoms with Crippen LogP contribution in [0.4, 0.5) is 5.69 Å². The van der Waals surface area contributed by atoms with Gasteiger partial charge in [-0.2, -0.15) is 4.98 Å². The van der Waals surface area contributed by atoms with Crippen molar-refractivity contribution in [3.63, 3.8) is 0 Å². The zero-order valence-electron chi connectivity index (χ0n) is 17.7. The number of nitro groups is 1. The number of carbonyl (C=O) groups is 1. The van der Waals surface area contributed by atoms with Gasteiger partial charge in [0.25, 0.3) is 11.5 Å². The zero-order valence-corrected chi connectivity index (χ0v) is 18.5. The van der Waals surface area contributed by atoms with Gasteiger partial charge in [0, 0.05) is 36.4 Å². The molecular formula is C23H19N5O4S. The second kappa shape index (κ2) is 8.62. The van der Waals surface area contributed by atoms with Crippen molar-refractivity contribution in [3.05, 3.63) is 87.2 Å². The van der Waals surface area contributed by atoms with Crippen LogP contribution in [-0.2, 0) is 12.2 Å². The summed E-state index contributed by atoms with van der Waals surface area (Å²) in [5.41, 5.74) is 3.12. The Morgan fingerprint density at radius 3 is 2.85 bits per heavy atom. The van der Waals surface area contributed by atoms with E-state index in [9.17, 15) is 14.9 Å². The Morgan fingerprint density at radius 1 is 1.18 bits per heavy atom. The first kappa shape index (κ1) is 21.1. The predicted molar refractivity (Wildman–Crippen MR) is 122 cm³/mol. The number of hydrogen-bond acceptors (Lipinski definition) is 8. The molecule has 1 atom stereocenters. The van der Waals surface area contributed by atoms with Crippen LogP contribution in [0.15, 0.2) is 59.9 Å². The zero-order chi connectivity index (χ0) is 22.9. The van der Waals surface area contributed by atoms with Gasteiger partial charge in [-0.15, -0.1) is 5.10 Å². The van der Waals surface area contributed by atoms with E-state index < -0.39 is 4.92 Å². The number of ether oxygens (including phenoxy) is 1. The summed E-state index contributed by atoms with van der Waals surface area (Å²) in [6, 6.07) is 14.2. The third-order valence-corrected chi connectivity index (χ3v) is 6.54. The van der Waals surface area contributed by atoms with Crippen LogP contribution in [0.2, 0.25) is 0 Å². The monoisotopic (exact) mass is 461 g/mol. The van der Waals surface area contributed by atoms with Gasteiger partial charge >= 0.3 is 0 Å². The van der Waals surface area contributed by atoms with Gasteiger partial charge in [-0.25, -0.2) is 9.50 Å². The summed E-state index contributed by atoms with van der Waals surface area (Å²) in [7, 11) is 1.63. The number of benzene rings is 2. The third kappa shape index (κ3) is 4.17. The molecule has 10 heteroatoms. The number of nitrogens with zero attached hydrogens (tertiary/aromatic N) is 5. The molecule has 0 saturated carbocycles. The first-order chi connectivity index (χ1) is 16.0. The second-order valence-electron chi connectivity index (χ2n) is 7.73. The number of nitro benzene ring substituents is 1. The van der Waals surface area contributed by atoms with Crippen LogP contribution in [0.1, 0.15) is 39.5 Å². The molecule has 4 aromatic rings. The Morgan fingerprint density at radius 2 is 2.03 bits per heavy atom. The minimum absolute atomic E-state index is 0.0123. The van der Waals surface area contributed by atoms with Crippen molar-refractivity contribution in [1.82, 2.24) is 19.6 Å². The maximum Gasteiger partial charge on any atom is 0.269 e. The maximum atomic E-state index is 12.9. The van der Waals surface area contributed by atoms with Crippen LogP contribution in [0.25, 0.3) is 5.78 Å². The molecule has 0 N–H and O–H groups in total. The number of hydrogen-bond donors (Lipinski definition) is 0. The summed E-state index contributed by atoms with van der Waals surface area (Å²) in [4.78, 5) is 32.6. The van der Waals surface area contributed by atoms with Crippen LogP contribution >= 0.6 is 11.8 Å². The van der Waals surface area contributed by atoms with Gasteiger partial charge in [0.1, 0.15) is 5.75 Å². The minimum Gasteiger partial charge on any atom is -0.496 e. The molecule has 0 spiro atoms. The average molecular weight is 462 g/mol. The van der Waals surface area contributed by atoms with Crippen molar-refractivity contribution in [2.24, 2.45) is 0 Å². The van der Waals surface area contributed by atoms with Gasteiger partial charge in [0.2, 0.25) is 5.16 Å². The van der Waals surface area contributed by atoms with Crippen molar-refractivity contribution >= 4 is 29.0 Å². The predicted octanol–water partition coefficient (Wildman–Crippen LogP) is 4.25. The Bertz CT molecular complexity index is 1390. The number of rotatable bonds is 6. The van der Waals surface area contributed by atoms with Crippen LogP contribution < -0.4 is 4.74 Å². The molecule has 0 radical (unpaired) electrons. The standard InChI is InChI=1S/C23H19N5O4S/c1-32-21-8-3-2-7-17(21)15-10-19-18(20(29)11-15)12-27-22(24-19)25-23(26-27)33-13-14-5-4-6-16(9-14)28(30)31/h2-9,12,15H,10-11,13H2,1H3/t15-/m1/s1. The number of thioether (sulfide) groups is 1. The molecule has 1 aliphatic rings. The Hall–Kier alpha value is -3.79. The largest absolute Gasteiger partial charge is 0.496 e. The van der Waals surface area contributed by atoms with Crippen molar-refractivity contribution in [2.75, 3.05) is 7.11 Å². The summed E-state index contributed by atoms with van der Waals surface area (Å²) in [5, 5.41) is 15.9. The molecule has 0 unspecified atom stereocenters. The van der Waals surface area contributed by atoms with E-state index in [0.717, 1.165) is 16.9 Å². The van der Waals surface area contributed by atoms with Crippen molar-refractivity contribution in [2.45, 2.75) is 29.7 Å². The number of carbonyl (C=O) groups excluding carboxylic acids is 1. The summed E-state index contributed by atoms with van der Waals surface area (Å²) in [6.45, 7) is 0. The molecule has 2 aromatic heterocycles. The SMILES string of the molecule is COc1ccccc1[C@H]1CC(=O)c2cn3nc(SCc4cccc([N+](=O)[O-])c4)nc3nc2C1. The highest BCUT2D eigenvalue weighted by atomic mass is 32.2. The summed E-state index contributed by atoms with van der Waals surface area (Å²) in [6.07, 6.45) is 2.69. The second-order valence-corrected chi connectivity index (χ2v) is 8.67. The lowest BCUT2D eigenvalue weighted by Crippen LogP contribution is -2.21. The number of para-hydroxylation sites is 1. The van der Waals surface area contributed by atoms with Crippen LogP contribution in [0.3, 0.4) is 0 Å². The quantitative estimate of drug-likeness (QED) is 0.238. The summed E-state index contributed by atoms with van der Waals surface area (Å²) >= 11 is 1.36. The molecule has 166 valence electrons. The molecule has 0 amide bonds. The fraction of sp³-hybridized carbons (Fsp3) is 0.217. The number of methoxy groups -OCH3 is 1. The highest BCUT2D eigenvalue weighted by molar-refractivity contribution is 7.98. The van der Waals surface area contributed by atoms with Crippen LogP contribution in [0, 0.1) is 10.1 Å². The van der Waals surface area contributed by atoms with E-state index in [2.05, 4.69) is 15.1 Å². The smallest absolute Gasteiger partial charge is 0.269 e. The minimum atomic E-state index is -0.416. The molecule has 2 heterocycles. The Balaban J connectivity index is 1.39. The number of non-ortho nitro benzene ring substituents is 1. The van der Waals surface area contributed by atoms with E-state index in [0.29, 0.717) is 40.8 Å². The van der Waals surface area contributed by atoms with Crippen molar-refractivity contribution < 1.29 is 14.5 Å². The summed E-state index contributed by atoms with van der Waals surface area (Å²) < 4.78 is 7.00. The molecule has 9 nitrogen and oxygen atoms in total. The number of fused-ring (bicyclic) bond motifs is 2. The number of Topliss-reactive ketones (excluding diaryl/α,β-unsaturated/α-hetero) is 1. The van der Waals surface area contributed by atoms with Gasteiger partial charge in [0.15, 0.2) is 5.78 Å². The summed E-state index contributed by atoms with van der Waals surface area (Å²) in [5.74, 6) is 1.67. The molecule has 1 aliphatic carbocycles.